The molecule has 0 aromatic heterocycles. The molecule has 3 N–H and O–H groups in total. The van der Waals surface area contributed by atoms with E-state index in [1.807, 2.05) is 0 Å². The molecule has 0 radical (unpaired) electrons. The molecule has 0 heterocycles. The summed E-state index contributed by atoms with van der Waals surface area (Å²) < 4.78 is 38.6. The SMILES string of the molecule is Cl.N[C@@H](CCO)c1c(F)cc(F)cc1F. The van der Waals surface area contributed by atoms with Crippen LogP contribution >= 0.6 is 12.4 Å². The van der Waals surface area contributed by atoms with Gasteiger partial charge in [-0.1, -0.05) is 0 Å². The highest BCUT2D eigenvalue weighted by atomic mass is 35.5. The van der Waals surface area contributed by atoms with Gasteiger partial charge in [-0.15, -0.1) is 12.4 Å². The Morgan fingerprint density at radius 2 is 1.67 bits per heavy atom. The van der Waals surface area contributed by atoms with Gasteiger partial charge in [0, 0.05) is 30.3 Å². The number of aliphatic hydroxyl groups is 1. The predicted molar refractivity (Wildman–Crippen MR) is 52.2 cm³/mol. The van der Waals surface area contributed by atoms with Crippen molar-refractivity contribution >= 4 is 12.4 Å². The lowest BCUT2D eigenvalue weighted by molar-refractivity contribution is 0.274. The Morgan fingerprint density at radius 1 is 1.20 bits per heavy atom. The van der Waals surface area contributed by atoms with Gasteiger partial charge < -0.3 is 10.8 Å². The molecule has 0 saturated heterocycles. The van der Waals surface area contributed by atoms with Crippen LogP contribution in [0.3, 0.4) is 0 Å². The molecule has 0 aliphatic heterocycles. The molecule has 0 saturated carbocycles. The summed E-state index contributed by atoms with van der Waals surface area (Å²) in [5.41, 5.74) is 5.01. The first-order valence-electron chi connectivity index (χ1n) is 4.07. The number of benzene rings is 1. The standard InChI is InChI=1S/C9H10F3NO.ClH/c10-5-3-6(11)9(7(12)4-5)8(13)1-2-14;/h3-4,8,14H,1-2,13H2;1H/t8-;/m0./s1. The van der Waals surface area contributed by atoms with Crippen LogP contribution < -0.4 is 5.73 Å². The summed E-state index contributed by atoms with van der Waals surface area (Å²) in [5.74, 6) is -3.04. The number of aliphatic hydroxyl groups excluding tert-OH is 1. The van der Waals surface area contributed by atoms with Crippen LogP contribution in [0.4, 0.5) is 13.2 Å². The fourth-order valence-corrected chi connectivity index (χ4v) is 1.19. The zero-order valence-corrected chi connectivity index (χ0v) is 8.53. The lowest BCUT2D eigenvalue weighted by atomic mass is 10.0. The smallest absolute Gasteiger partial charge is 0.133 e. The number of hydrogen-bond acceptors (Lipinski definition) is 2. The largest absolute Gasteiger partial charge is 0.396 e. The van der Waals surface area contributed by atoms with E-state index in [1.165, 1.54) is 0 Å². The van der Waals surface area contributed by atoms with Crippen LogP contribution in [0.15, 0.2) is 12.1 Å². The summed E-state index contributed by atoms with van der Waals surface area (Å²) in [5, 5.41) is 8.54. The van der Waals surface area contributed by atoms with E-state index in [4.69, 9.17) is 10.8 Å². The van der Waals surface area contributed by atoms with Crippen LogP contribution in [-0.2, 0) is 0 Å². The lowest BCUT2D eigenvalue weighted by Crippen LogP contribution is -2.16. The third-order valence-corrected chi connectivity index (χ3v) is 1.85. The van der Waals surface area contributed by atoms with Gasteiger partial charge in [-0.25, -0.2) is 13.2 Å². The maximum Gasteiger partial charge on any atom is 0.133 e. The van der Waals surface area contributed by atoms with Gasteiger partial charge >= 0.3 is 0 Å². The molecule has 1 rings (SSSR count). The van der Waals surface area contributed by atoms with E-state index in [2.05, 4.69) is 0 Å². The first-order chi connectivity index (χ1) is 6.56. The Balaban J connectivity index is 0.00000196. The minimum absolute atomic E-state index is 0. The quantitative estimate of drug-likeness (QED) is 0.849. The van der Waals surface area contributed by atoms with E-state index in [-0.39, 0.29) is 31.0 Å². The summed E-state index contributed by atoms with van der Waals surface area (Å²) in [6.45, 7) is -0.280. The first kappa shape index (κ1) is 14.2. The summed E-state index contributed by atoms with van der Waals surface area (Å²) in [6, 6.07) is 0.172. The number of nitrogens with two attached hydrogens (primary N) is 1. The second-order valence-corrected chi connectivity index (χ2v) is 2.90. The maximum atomic E-state index is 13.0. The highest BCUT2D eigenvalue weighted by Crippen LogP contribution is 2.22. The molecular weight excluding hydrogens is 231 g/mol. The van der Waals surface area contributed by atoms with Gasteiger partial charge in [-0.3, -0.25) is 0 Å². The Hall–Kier alpha value is -0.780. The van der Waals surface area contributed by atoms with Crippen molar-refractivity contribution in [3.63, 3.8) is 0 Å². The molecule has 6 heteroatoms. The Labute approximate surface area is 91.3 Å². The fraction of sp³-hybridized carbons (Fsp3) is 0.333. The molecule has 86 valence electrons. The highest BCUT2D eigenvalue weighted by molar-refractivity contribution is 5.85. The van der Waals surface area contributed by atoms with Gasteiger partial charge in [0.2, 0.25) is 0 Å². The molecule has 0 unspecified atom stereocenters. The van der Waals surface area contributed by atoms with Crippen molar-refractivity contribution < 1.29 is 18.3 Å². The molecular formula is C9H11ClF3NO. The first-order valence-corrected chi connectivity index (χ1v) is 4.07. The highest BCUT2D eigenvalue weighted by Gasteiger charge is 2.17. The molecule has 0 amide bonds. The van der Waals surface area contributed by atoms with Crippen molar-refractivity contribution in [2.45, 2.75) is 12.5 Å². The average molecular weight is 242 g/mol. The van der Waals surface area contributed by atoms with Crippen LogP contribution in [0.25, 0.3) is 0 Å². The molecule has 15 heavy (non-hydrogen) atoms. The summed E-state index contributed by atoms with van der Waals surface area (Å²) >= 11 is 0. The van der Waals surface area contributed by atoms with Gasteiger partial charge in [0.05, 0.1) is 0 Å². The molecule has 0 fully saturated rings. The molecule has 1 aromatic rings. The van der Waals surface area contributed by atoms with E-state index in [0.29, 0.717) is 12.1 Å². The normalized spacial score (nSPS) is 12.1. The topological polar surface area (TPSA) is 46.2 Å². The van der Waals surface area contributed by atoms with Gasteiger partial charge in [-0.05, 0) is 6.42 Å². The number of rotatable bonds is 3. The van der Waals surface area contributed by atoms with Crippen molar-refractivity contribution in [1.82, 2.24) is 0 Å². The Bertz CT molecular complexity index is 312. The van der Waals surface area contributed by atoms with Crippen LogP contribution in [0.2, 0.25) is 0 Å². The zero-order valence-electron chi connectivity index (χ0n) is 7.71. The summed E-state index contributed by atoms with van der Waals surface area (Å²) in [6.07, 6.45) is 0.0273. The molecule has 1 aromatic carbocycles. The summed E-state index contributed by atoms with van der Waals surface area (Å²) in [4.78, 5) is 0. The van der Waals surface area contributed by atoms with E-state index in [0.717, 1.165) is 0 Å². The van der Waals surface area contributed by atoms with Crippen LogP contribution in [-0.4, -0.2) is 11.7 Å². The van der Waals surface area contributed by atoms with Crippen molar-refractivity contribution in [1.29, 1.82) is 0 Å². The summed E-state index contributed by atoms with van der Waals surface area (Å²) in [7, 11) is 0. The second kappa shape index (κ2) is 5.95. The zero-order chi connectivity index (χ0) is 10.7. The van der Waals surface area contributed by atoms with Crippen molar-refractivity contribution in [2.75, 3.05) is 6.61 Å². The molecule has 1 atom stereocenters. The molecule has 0 spiro atoms. The van der Waals surface area contributed by atoms with Crippen molar-refractivity contribution in [2.24, 2.45) is 5.73 Å². The third-order valence-electron chi connectivity index (χ3n) is 1.85. The minimum Gasteiger partial charge on any atom is -0.396 e. The number of hydrogen-bond donors (Lipinski definition) is 2. The van der Waals surface area contributed by atoms with Gasteiger partial charge in [0.15, 0.2) is 0 Å². The van der Waals surface area contributed by atoms with E-state index >= 15 is 0 Å². The van der Waals surface area contributed by atoms with Crippen molar-refractivity contribution in [3.8, 4) is 0 Å². The lowest BCUT2D eigenvalue weighted by Gasteiger charge is -2.12. The molecule has 2 nitrogen and oxygen atoms in total. The third kappa shape index (κ3) is 3.37. The van der Waals surface area contributed by atoms with Gasteiger partial charge in [0.1, 0.15) is 17.5 Å². The Morgan fingerprint density at radius 3 is 2.07 bits per heavy atom. The van der Waals surface area contributed by atoms with E-state index in [9.17, 15) is 13.2 Å². The Kier molecular flexibility index (Phi) is 5.64. The van der Waals surface area contributed by atoms with Gasteiger partial charge in [-0.2, -0.15) is 0 Å². The van der Waals surface area contributed by atoms with Gasteiger partial charge in [0.25, 0.3) is 0 Å². The van der Waals surface area contributed by atoms with Crippen molar-refractivity contribution in [3.05, 3.63) is 35.1 Å². The second-order valence-electron chi connectivity index (χ2n) is 2.90. The van der Waals surface area contributed by atoms with Crippen LogP contribution in [0.1, 0.15) is 18.0 Å². The maximum absolute atomic E-state index is 13.0. The minimum atomic E-state index is -1.02. The molecule has 0 aliphatic carbocycles. The molecule has 0 aliphatic rings. The number of halogens is 4. The van der Waals surface area contributed by atoms with Crippen LogP contribution in [0, 0.1) is 17.5 Å². The predicted octanol–water partition coefficient (Wildman–Crippen LogP) is 1.91. The van der Waals surface area contributed by atoms with E-state index < -0.39 is 23.5 Å². The van der Waals surface area contributed by atoms with Crippen LogP contribution in [0.5, 0.6) is 0 Å². The van der Waals surface area contributed by atoms with E-state index in [1.54, 1.807) is 0 Å². The average Bonchev–Trinajstić information content (AvgIpc) is 2.01. The molecule has 0 bridgehead atoms. The monoisotopic (exact) mass is 241 g/mol. The fourth-order valence-electron chi connectivity index (χ4n) is 1.19.